The van der Waals surface area contributed by atoms with Crippen molar-refractivity contribution < 1.29 is 19.5 Å². The molecule has 1 atom stereocenters. The standard InChI is InChI=1S/C26H43N3O4/c30-23(28-22-9-5-2-1-3-6-10-22)11-7-4-8-18-27-26(33)21-14-12-20(13-15-21)19-29-24(31)16-17-25(29)32/h16-17,20-23,28,30H,1-15,18-19H2,(H,27,33). The van der Waals surface area contributed by atoms with Gasteiger partial charge >= 0.3 is 0 Å². The first kappa shape index (κ1) is 25.9. The van der Waals surface area contributed by atoms with E-state index >= 15 is 0 Å². The maximum Gasteiger partial charge on any atom is 0.253 e. The fourth-order valence-electron chi connectivity index (χ4n) is 5.45. The highest BCUT2D eigenvalue weighted by Crippen LogP contribution is 2.30. The van der Waals surface area contributed by atoms with Crippen molar-refractivity contribution in [3.8, 4) is 0 Å². The summed E-state index contributed by atoms with van der Waals surface area (Å²) in [5.41, 5.74) is 0. The molecule has 7 nitrogen and oxygen atoms in total. The Hall–Kier alpha value is -1.73. The van der Waals surface area contributed by atoms with Gasteiger partial charge in [0.15, 0.2) is 0 Å². The molecule has 0 aromatic carbocycles. The minimum Gasteiger partial charge on any atom is -0.379 e. The second-order valence-electron chi connectivity index (χ2n) is 10.2. The monoisotopic (exact) mass is 461 g/mol. The molecule has 0 bridgehead atoms. The third-order valence-corrected chi connectivity index (χ3v) is 7.55. The molecule has 33 heavy (non-hydrogen) atoms. The summed E-state index contributed by atoms with van der Waals surface area (Å²) in [6.07, 6.45) is 18.2. The van der Waals surface area contributed by atoms with Crippen molar-refractivity contribution in [1.82, 2.24) is 15.5 Å². The SMILES string of the molecule is O=C(NCCCCCC(O)NC1CCCCCCC1)C1CCC(CN2C(=O)C=CC2=O)CC1. The van der Waals surface area contributed by atoms with Gasteiger partial charge < -0.3 is 10.4 Å². The van der Waals surface area contributed by atoms with E-state index < -0.39 is 6.23 Å². The largest absolute Gasteiger partial charge is 0.379 e. The lowest BCUT2D eigenvalue weighted by Crippen LogP contribution is -2.38. The van der Waals surface area contributed by atoms with E-state index in [2.05, 4.69) is 10.6 Å². The molecular formula is C26H43N3O4. The van der Waals surface area contributed by atoms with E-state index in [0.29, 0.717) is 25.0 Å². The molecule has 0 radical (unpaired) electrons. The molecule has 1 aliphatic heterocycles. The maximum atomic E-state index is 12.5. The van der Waals surface area contributed by atoms with Crippen molar-refractivity contribution in [2.45, 2.75) is 109 Å². The molecule has 2 saturated carbocycles. The van der Waals surface area contributed by atoms with Crippen molar-refractivity contribution in [3.05, 3.63) is 12.2 Å². The highest BCUT2D eigenvalue weighted by molar-refractivity contribution is 6.12. The lowest BCUT2D eigenvalue weighted by atomic mass is 9.81. The van der Waals surface area contributed by atoms with Crippen LogP contribution in [0.2, 0.25) is 0 Å². The molecule has 0 spiro atoms. The Labute approximate surface area is 198 Å². The number of nitrogens with zero attached hydrogens (tertiary/aromatic N) is 1. The second-order valence-corrected chi connectivity index (χ2v) is 10.2. The zero-order valence-corrected chi connectivity index (χ0v) is 20.1. The fourth-order valence-corrected chi connectivity index (χ4v) is 5.45. The molecule has 186 valence electrons. The van der Waals surface area contributed by atoms with Crippen LogP contribution in [0.25, 0.3) is 0 Å². The van der Waals surface area contributed by atoms with Gasteiger partial charge in [-0.1, -0.05) is 38.5 Å². The van der Waals surface area contributed by atoms with Crippen LogP contribution < -0.4 is 10.6 Å². The summed E-state index contributed by atoms with van der Waals surface area (Å²) in [6.45, 7) is 1.16. The van der Waals surface area contributed by atoms with E-state index in [4.69, 9.17) is 0 Å². The fraction of sp³-hybridized carbons (Fsp3) is 0.808. The van der Waals surface area contributed by atoms with Crippen molar-refractivity contribution in [2.75, 3.05) is 13.1 Å². The third kappa shape index (κ3) is 8.85. The molecule has 3 N–H and O–H groups in total. The highest BCUT2D eigenvalue weighted by Gasteiger charge is 2.31. The number of hydrogen-bond donors (Lipinski definition) is 3. The van der Waals surface area contributed by atoms with Crippen LogP contribution in [0.5, 0.6) is 0 Å². The number of imide groups is 1. The number of nitrogens with one attached hydrogen (secondary N) is 2. The van der Waals surface area contributed by atoms with Crippen molar-refractivity contribution in [2.24, 2.45) is 11.8 Å². The van der Waals surface area contributed by atoms with E-state index in [0.717, 1.165) is 51.4 Å². The average Bonchev–Trinajstić information content (AvgIpc) is 3.10. The number of carbonyl (C=O) groups excluding carboxylic acids is 3. The molecular weight excluding hydrogens is 418 g/mol. The molecule has 3 rings (SSSR count). The Morgan fingerprint density at radius 2 is 1.55 bits per heavy atom. The van der Waals surface area contributed by atoms with Crippen molar-refractivity contribution >= 4 is 17.7 Å². The van der Waals surface area contributed by atoms with Gasteiger partial charge in [0.2, 0.25) is 5.91 Å². The summed E-state index contributed by atoms with van der Waals surface area (Å²) in [6, 6.07) is 0.461. The molecule has 7 heteroatoms. The summed E-state index contributed by atoms with van der Waals surface area (Å²) >= 11 is 0. The molecule has 2 aliphatic carbocycles. The Balaban J connectivity index is 1.20. The molecule has 3 amide bonds. The van der Waals surface area contributed by atoms with E-state index in [1.165, 1.54) is 62.0 Å². The molecule has 0 aromatic heterocycles. The van der Waals surface area contributed by atoms with Crippen molar-refractivity contribution in [1.29, 1.82) is 0 Å². The van der Waals surface area contributed by atoms with Crippen LogP contribution in [0.1, 0.15) is 96.3 Å². The summed E-state index contributed by atoms with van der Waals surface area (Å²) in [5, 5.41) is 16.8. The second kappa shape index (κ2) is 13.9. The van der Waals surface area contributed by atoms with E-state index in [1.807, 2.05) is 0 Å². The molecule has 0 saturated heterocycles. The molecule has 1 unspecified atom stereocenters. The molecule has 3 aliphatic rings. The Kier molecular flexibility index (Phi) is 10.9. The number of hydrogen-bond acceptors (Lipinski definition) is 5. The van der Waals surface area contributed by atoms with Crippen LogP contribution in [-0.2, 0) is 14.4 Å². The Morgan fingerprint density at radius 1 is 0.909 bits per heavy atom. The van der Waals surface area contributed by atoms with Crippen LogP contribution in [0.15, 0.2) is 12.2 Å². The quantitative estimate of drug-likeness (QED) is 0.249. The predicted octanol–water partition coefficient (Wildman–Crippen LogP) is 3.42. The zero-order valence-electron chi connectivity index (χ0n) is 20.1. The van der Waals surface area contributed by atoms with Crippen molar-refractivity contribution in [3.63, 3.8) is 0 Å². The van der Waals surface area contributed by atoms with Crippen LogP contribution in [0, 0.1) is 11.8 Å². The van der Waals surface area contributed by atoms with Crippen LogP contribution in [0.4, 0.5) is 0 Å². The maximum absolute atomic E-state index is 12.5. The van der Waals surface area contributed by atoms with E-state index in [9.17, 15) is 19.5 Å². The van der Waals surface area contributed by atoms with Crippen LogP contribution in [0.3, 0.4) is 0 Å². The number of unbranched alkanes of at least 4 members (excludes halogenated alkanes) is 2. The minimum absolute atomic E-state index is 0.0409. The van der Waals surface area contributed by atoms with Gasteiger partial charge in [-0.2, -0.15) is 0 Å². The van der Waals surface area contributed by atoms with Gasteiger partial charge in [0.05, 0.1) is 0 Å². The minimum atomic E-state index is -0.416. The summed E-state index contributed by atoms with van der Waals surface area (Å²) in [4.78, 5) is 37.2. The molecule has 1 heterocycles. The zero-order chi connectivity index (χ0) is 23.5. The summed E-state index contributed by atoms with van der Waals surface area (Å²) in [7, 11) is 0. The van der Waals surface area contributed by atoms with Gasteiger partial charge in [-0.3, -0.25) is 24.6 Å². The van der Waals surface area contributed by atoms with Gasteiger partial charge in [-0.15, -0.1) is 0 Å². The Morgan fingerprint density at radius 3 is 2.21 bits per heavy atom. The lowest BCUT2D eigenvalue weighted by molar-refractivity contribution is -0.138. The molecule has 2 fully saturated rings. The van der Waals surface area contributed by atoms with E-state index in [-0.39, 0.29) is 23.6 Å². The van der Waals surface area contributed by atoms with Crippen LogP contribution in [-0.4, -0.2) is 53.1 Å². The molecule has 0 aromatic rings. The third-order valence-electron chi connectivity index (χ3n) is 7.55. The van der Waals surface area contributed by atoms with Gasteiger partial charge in [0.1, 0.15) is 6.23 Å². The summed E-state index contributed by atoms with van der Waals surface area (Å²) < 4.78 is 0. The predicted molar refractivity (Wildman–Crippen MR) is 128 cm³/mol. The average molecular weight is 462 g/mol. The first-order valence-corrected chi connectivity index (χ1v) is 13.3. The highest BCUT2D eigenvalue weighted by atomic mass is 16.3. The number of carbonyl (C=O) groups is 3. The summed E-state index contributed by atoms with van der Waals surface area (Å²) in [5.74, 6) is 0.0314. The normalized spacial score (nSPS) is 25.7. The lowest BCUT2D eigenvalue weighted by Gasteiger charge is -2.30. The number of aliphatic hydroxyl groups excluding tert-OH is 1. The van der Waals surface area contributed by atoms with Gasteiger partial charge in [0, 0.05) is 37.2 Å². The number of rotatable bonds is 11. The van der Waals surface area contributed by atoms with Gasteiger partial charge in [0.25, 0.3) is 11.8 Å². The number of amides is 3. The van der Waals surface area contributed by atoms with Gasteiger partial charge in [-0.25, -0.2) is 0 Å². The number of aliphatic hydroxyl groups is 1. The van der Waals surface area contributed by atoms with Gasteiger partial charge in [-0.05, 0) is 63.7 Å². The smallest absolute Gasteiger partial charge is 0.253 e. The first-order chi connectivity index (χ1) is 16.0. The Bertz CT molecular complexity index is 646. The van der Waals surface area contributed by atoms with E-state index in [1.54, 1.807) is 0 Å². The first-order valence-electron chi connectivity index (χ1n) is 13.3. The van der Waals surface area contributed by atoms with Crippen LogP contribution >= 0.6 is 0 Å². The topological polar surface area (TPSA) is 98.7 Å².